The zero-order chi connectivity index (χ0) is 12.5. The molecule has 3 rings (SSSR count). The van der Waals surface area contributed by atoms with E-state index in [0.29, 0.717) is 5.65 Å². The van der Waals surface area contributed by atoms with Gasteiger partial charge in [-0.3, -0.25) is 9.20 Å². The molecule has 0 aliphatic carbocycles. The van der Waals surface area contributed by atoms with E-state index in [-0.39, 0.29) is 11.8 Å². The number of hydrogen-bond acceptors (Lipinski definition) is 5. The molecule has 1 atom stereocenters. The van der Waals surface area contributed by atoms with Crippen LogP contribution in [0.4, 0.5) is 5.82 Å². The van der Waals surface area contributed by atoms with Crippen LogP contribution in [-0.2, 0) is 4.79 Å². The minimum absolute atomic E-state index is 0.0749. The number of fused-ring (bicyclic) bond motifs is 1. The molecule has 18 heavy (non-hydrogen) atoms. The van der Waals surface area contributed by atoms with E-state index in [0.717, 1.165) is 31.6 Å². The van der Waals surface area contributed by atoms with Crippen molar-refractivity contribution in [3.05, 3.63) is 18.7 Å². The van der Waals surface area contributed by atoms with Gasteiger partial charge in [-0.2, -0.15) is 0 Å². The Kier molecular flexibility index (Phi) is 2.70. The molecule has 3 heterocycles. The van der Waals surface area contributed by atoms with Gasteiger partial charge < -0.3 is 4.90 Å². The number of hydrogen-bond donors (Lipinski definition) is 0. The molecule has 1 aliphatic heterocycles. The number of anilines is 1. The van der Waals surface area contributed by atoms with Gasteiger partial charge in [-0.05, 0) is 26.2 Å². The second-order valence-electron chi connectivity index (χ2n) is 4.63. The lowest BCUT2D eigenvalue weighted by Gasteiger charge is -2.34. The van der Waals surface area contributed by atoms with Crippen LogP contribution in [0.3, 0.4) is 0 Å². The lowest BCUT2D eigenvalue weighted by Crippen LogP contribution is -2.44. The smallest absolute Gasteiger partial charge is 0.203 e. The average Bonchev–Trinajstić information content (AvgIpc) is 2.86. The first-order valence-corrected chi connectivity index (χ1v) is 6.19. The van der Waals surface area contributed by atoms with Crippen LogP contribution in [0, 0.1) is 0 Å². The summed E-state index contributed by atoms with van der Waals surface area (Å²) in [5.41, 5.74) is 0.714. The van der Waals surface area contributed by atoms with Crippen molar-refractivity contribution in [1.29, 1.82) is 0 Å². The fourth-order valence-corrected chi connectivity index (χ4v) is 2.56. The Hall–Kier alpha value is -1.98. The Morgan fingerprint density at radius 2 is 2.33 bits per heavy atom. The summed E-state index contributed by atoms with van der Waals surface area (Å²) in [6.45, 7) is 2.50. The van der Waals surface area contributed by atoms with Crippen molar-refractivity contribution in [3.8, 4) is 0 Å². The van der Waals surface area contributed by atoms with Crippen LogP contribution < -0.4 is 4.90 Å². The van der Waals surface area contributed by atoms with Crippen LogP contribution in [-0.4, -0.2) is 38.0 Å². The van der Waals surface area contributed by atoms with Gasteiger partial charge in [-0.15, -0.1) is 10.2 Å². The van der Waals surface area contributed by atoms with Crippen LogP contribution >= 0.6 is 0 Å². The number of Topliss-reactive ketones (excluding diaryl/α,β-unsaturated/α-hetero) is 1. The Morgan fingerprint density at radius 3 is 3.17 bits per heavy atom. The molecular weight excluding hydrogens is 230 g/mol. The molecule has 0 amide bonds. The Labute approximate surface area is 105 Å². The summed E-state index contributed by atoms with van der Waals surface area (Å²) in [4.78, 5) is 18.2. The van der Waals surface area contributed by atoms with Crippen molar-refractivity contribution in [2.24, 2.45) is 0 Å². The van der Waals surface area contributed by atoms with Crippen molar-refractivity contribution in [1.82, 2.24) is 19.6 Å². The molecule has 1 saturated heterocycles. The predicted octanol–water partition coefficient (Wildman–Crippen LogP) is 1.07. The summed E-state index contributed by atoms with van der Waals surface area (Å²) < 4.78 is 1.83. The van der Waals surface area contributed by atoms with Gasteiger partial charge in [-0.1, -0.05) is 0 Å². The van der Waals surface area contributed by atoms with E-state index < -0.39 is 0 Å². The first-order valence-electron chi connectivity index (χ1n) is 6.19. The molecule has 1 unspecified atom stereocenters. The number of rotatable bonds is 2. The Balaban J connectivity index is 2.06. The summed E-state index contributed by atoms with van der Waals surface area (Å²) >= 11 is 0. The van der Waals surface area contributed by atoms with Gasteiger partial charge in [-0.25, -0.2) is 4.98 Å². The van der Waals surface area contributed by atoms with E-state index >= 15 is 0 Å². The van der Waals surface area contributed by atoms with Gasteiger partial charge in [0.1, 0.15) is 6.33 Å². The third-order valence-electron chi connectivity index (χ3n) is 3.44. The molecule has 2 aromatic rings. The number of piperidine rings is 1. The summed E-state index contributed by atoms with van der Waals surface area (Å²) in [6, 6.07) is -0.0749. The van der Waals surface area contributed by atoms with Crippen molar-refractivity contribution in [2.45, 2.75) is 32.2 Å². The van der Waals surface area contributed by atoms with E-state index in [9.17, 15) is 4.79 Å². The fourth-order valence-electron chi connectivity index (χ4n) is 2.56. The molecule has 0 N–H and O–H groups in total. The highest BCUT2D eigenvalue weighted by atomic mass is 16.1. The second-order valence-corrected chi connectivity index (χ2v) is 4.63. The minimum Gasteiger partial charge on any atom is -0.343 e. The predicted molar refractivity (Wildman–Crippen MR) is 66.4 cm³/mol. The topological polar surface area (TPSA) is 63.4 Å². The molecule has 0 aromatic carbocycles. The van der Waals surface area contributed by atoms with Gasteiger partial charge >= 0.3 is 0 Å². The molecule has 94 valence electrons. The van der Waals surface area contributed by atoms with Crippen molar-refractivity contribution in [2.75, 3.05) is 11.4 Å². The average molecular weight is 245 g/mol. The van der Waals surface area contributed by atoms with Crippen LogP contribution in [0.25, 0.3) is 5.65 Å². The minimum atomic E-state index is -0.0749. The van der Waals surface area contributed by atoms with Gasteiger partial charge in [0.05, 0.1) is 6.04 Å². The zero-order valence-electron chi connectivity index (χ0n) is 10.3. The van der Waals surface area contributed by atoms with Crippen molar-refractivity contribution in [3.63, 3.8) is 0 Å². The van der Waals surface area contributed by atoms with Crippen molar-refractivity contribution < 1.29 is 4.79 Å². The SMILES string of the molecule is CC(=O)C1CCCCN1c1nccn2cnnc12. The molecule has 6 nitrogen and oxygen atoms in total. The monoisotopic (exact) mass is 245 g/mol. The quantitative estimate of drug-likeness (QED) is 0.792. The van der Waals surface area contributed by atoms with E-state index in [4.69, 9.17) is 0 Å². The van der Waals surface area contributed by atoms with E-state index in [1.54, 1.807) is 19.4 Å². The van der Waals surface area contributed by atoms with Crippen LogP contribution in [0.15, 0.2) is 18.7 Å². The molecular formula is C12H15N5O. The van der Waals surface area contributed by atoms with E-state index in [2.05, 4.69) is 20.1 Å². The lowest BCUT2D eigenvalue weighted by atomic mass is 9.99. The maximum absolute atomic E-state index is 11.7. The van der Waals surface area contributed by atoms with Gasteiger partial charge in [0, 0.05) is 18.9 Å². The normalized spacial score (nSPS) is 20.3. The highest BCUT2D eigenvalue weighted by Crippen LogP contribution is 2.25. The summed E-state index contributed by atoms with van der Waals surface area (Å²) in [7, 11) is 0. The molecule has 0 bridgehead atoms. The molecule has 0 spiro atoms. The van der Waals surface area contributed by atoms with Crippen molar-refractivity contribution >= 4 is 17.2 Å². The maximum Gasteiger partial charge on any atom is 0.203 e. The van der Waals surface area contributed by atoms with Gasteiger partial charge in [0.2, 0.25) is 5.65 Å². The first-order chi connectivity index (χ1) is 8.77. The number of carbonyl (C=O) groups excluding carboxylic acids is 1. The number of nitrogens with zero attached hydrogens (tertiary/aromatic N) is 5. The lowest BCUT2D eigenvalue weighted by molar-refractivity contribution is -0.118. The van der Waals surface area contributed by atoms with Gasteiger partial charge in [0.15, 0.2) is 11.6 Å². The third kappa shape index (κ3) is 1.73. The fraction of sp³-hybridized carbons (Fsp3) is 0.500. The highest BCUT2D eigenvalue weighted by Gasteiger charge is 2.28. The third-order valence-corrected chi connectivity index (χ3v) is 3.44. The number of ketones is 1. The number of carbonyl (C=O) groups is 1. The summed E-state index contributed by atoms with van der Waals surface area (Å²) in [5.74, 6) is 0.952. The first kappa shape index (κ1) is 11.1. The molecule has 6 heteroatoms. The number of aromatic nitrogens is 4. The Morgan fingerprint density at radius 1 is 1.44 bits per heavy atom. The molecule has 1 fully saturated rings. The van der Waals surface area contributed by atoms with Crippen LogP contribution in [0.5, 0.6) is 0 Å². The van der Waals surface area contributed by atoms with Gasteiger partial charge in [0.25, 0.3) is 0 Å². The second kappa shape index (κ2) is 4.36. The summed E-state index contributed by atoms with van der Waals surface area (Å²) in [5, 5.41) is 7.97. The van der Waals surface area contributed by atoms with E-state index in [1.807, 2.05) is 10.6 Å². The highest BCUT2D eigenvalue weighted by molar-refractivity contribution is 5.86. The largest absolute Gasteiger partial charge is 0.343 e. The van der Waals surface area contributed by atoms with Crippen LogP contribution in [0.1, 0.15) is 26.2 Å². The molecule has 0 saturated carbocycles. The van der Waals surface area contributed by atoms with Crippen LogP contribution in [0.2, 0.25) is 0 Å². The standard InChI is InChI=1S/C12H15N5O/c1-9(18)10-4-2-3-6-17(10)11-12-15-14-8-16(12)7-5-13-11/h5,7-8,10H,2-4,6H2,1H3. The summed E-state index contributed by atoms with van der Waals surface area (Å²) in [6.07, 6.45) is 8.25. The molecule has 1 aliphatic rings. The molecule has 0 radical (unpaired) electrons. The molecule has 2 aromatic heterocycles. The zero-order valence-corrected chi connectivity index (χ0v) is 10.3. The van der Waals surface area contributed by atoms with E-state index in [1.165, 1.54) is 0 Å². The maximum atomic E-state index is 11.7. The Bertz CT molecular complexity index is 579.